The molecule has 0 saturated carbocycles. The Bertz CT molecular complexity index is 1510. The molecule has 4 aliphatic heterocycles. The maximum absolute atomic E-state index is 12.5. The molecule has 0 spiro atoms. The molecule has 65 heavy (non-hydrogen) atoms. The van der Waals surface area contributed by atoms with Crippen molar-refractivity contribution in [2.45, 2.75) is 168 Å². The Kier molecular flexibility index (Phi) is 20.9. The van der Waals surface area contributed by atoms with Crippen LogP contribution in [-0.2, 0) is 52.3 Å². The summed E-state index contributed by atoms with van der Waals surface area (Å²) in [7, 11) is 0. The van der Waals surface area contributed by atoms with Crippen LogP contribution >= 0.6 is 0 Å². The number of carbonyl (C=O) groups is 3. The van der Waals surface area contributed by atoms with Gasteiger partial charge < -0.3 is 130 Å². The van der Waals surface area contributed by atoms with Crippen LogP contribution in [-0.4, -0.2) is 281 Å². The molecule has 0 unspecified atom stereocenters. The van der Waals surface area contributed by atoms with Crippen molar-refractivity contribution in [3.05, 3.63) is 0 Å². The van der Waals surface area contributed by atoms with Crippen LogP contribution < -0.4 is 16.0 Å². The number of nitrogens with one attached hydrogen (secondary N) is 3. The molecule has 0 aromatic carbocycles. The van der Waals surface area contributed by atoms with Gasteiger partial charge in [-0.25, -0.2) is 0 Å². The maximum atomic E-state index is 12.5. The number of hydrogen-bond donors (Lipinski definition) is 18. The third-order valence-corrected chi connectivity index (χ3v) is 11.2. The van der Waals surface area contributed by atoms with Crippen molar-refractivity contribution in [1.29, 1.82) is 0 Å². The zero-order valence-electron chi connectivity index (χ0n) is 35.3. The largest absolute Gasteiger partial charge is 0.394 e. The fourth-order valence-corrected chi connectivity index (χ4v) is 7.74. The smallest absolute Gasteiger partial charge is 0.217 e. The van der Waals surface area contributed by atoms with E-state index >= 15 is 0 Å². The molecule has 0 aromatic heterocycles. The highest BCUT2D eigenvalue weighted by Gasteiger charge is 2.54. The lowest BCUT2D eigenvalue weighted by Crippen LogP contribution is -2.69. The van der Waals surface area contributed by atoms with E-state index in [1.807, 2.05) is 0 Å². The molecule has 0 bridgehead atoms. The van der Waals surface area contributed by atoms with E-state index in [0.29, 0.717) is 0 Å². The Morgan fingerprint density at radius 1 is 0.523 bits per heavy atom. The van der Waals surface area contributed by atoms with Gasteiger partial charge in [0.1, 0.15) is 116 Å². The lowest BCUT2D eigenvalue weighted by atomic mass is 9.94. The molecule has 29 nitrogen and oxygen atoms in total. The van der Waals surface area contributed by atoms with Gasteiger partial charge >= 0.3 is 0 Å². The van der Waals surface area contributed by atoms with Crippen LogP contribution in [0.15, 0.2) is 0 Å². The van der Waals surface area contributed by atoms with E-state index in [2.05, 4.69) is 16.0 Å². The fourth-order valence-electron chi connectivity index (χ4n) is 7.74. The Morgan fingerprint density at radius 2 is 0.969 bits per heavy atom. The topological polar surface area (TPSA) is 465 Å². The van der Waals surface area contributed by atoms with Gasteiger partial charge in [-0.05, 0) is 0 Å². The predicted molar refractivity (Wildman–Crippen MR) is 204 cm³/mol. The third-order valence-electron chi connectivity index (χ3n) is 11.2. The zero-order valence-corrected chi connectivity index (χ0v) is 35.3. The highest BCUT2D eigenvalue weighted by molar-refractivity contribution is 5.74. The molecule has 4 rings (SSSR count). The average Bonchev–Trinajstić information content (AvgIpc) is 3.26. The first-order chi connectivity index (χ1) is 30.6. The van der Waals surface area contributed by atoms with Crippen LogP contribution in [0.5, 0.6) is 0 Å². The van der Waals surface area contributed by atoms with Crippen LogP contribution in [0.2, 0.25) is 0 Å². The molecular weight excluding hydrogens is 890 g/mol. The lowest BCUT2D eigenvalue weighted by molar-refractivity contribution is -0.352. The average molecular weight is 954 g/mol. The van der Waals surface area contributed by atoms with E-state index in [9.17, 15) is 91.0 Å². The van der Waals surface area contributed by atoms with E-state index in [-0.39, 0.29) is 0 Å². The summed E-state index contributed by atoms with van der Waals surface area (Å²) in [6, 6.07) is -4.98. The Labute approximate surface area is 369 Å². The minimum absolute atomic E-state index is 0.781. The van der Waals surface area contributed by atoms with Crippen molar-refractivity contribution < 1.29 is 129 Å². The SMILES string of the molecule is CC(=O)N[C@H]1[C@H](OC[C@@H](O)[C@H](O)[C@H](O[C@@H]2O[C@H](CO)[C@@H](O)[C@H](O[C@@H]3O[C@H](CO)[C@H](O)[C@H](O)[C@H]3O)[C@H]2NC(C)=O)[C@H](CO)NC(C)=O)O[C@H](CO)[C@@H](O[C@@H]2O[C@H](CO)[C@H](O)[C@H](O)[C@H]2O)[C@@H]1O. The molecule has 378 valence electrons. The second-order valence-electron chi connectivity index (χ2n) is 16.0. The van der Waals surface area contributed by atoms with E-state index in [4.69, 9.17) is 37.9 Å². The summed E-state index contributed by atoms with van der Waals surface area (Å²) in [5.41, 5.74) is 0. The molecule has 4 aliphatic rings. The number of hydrogen-bond acceptors (Lipinski definition) is 26. The van der Waals surface area contributed by atoms with Crippen LogP contribution in [0.4, 0.5) is 0 Å². The zero-order chi connectivity index (χ0) is 48.6. The molecule has 3 amide bonds. The Hall–Kier alpha value is -2.51. The highest BCUT2D eigenvalue weighted by Crippen LogP contribution is 2.33. The van der Waals surface area contributed by atoms with Gasteiger partial charge in [0.15, 0.2) is 25.2 Å². The summed E-state index contributed by atoms with van der Waals surface area (Å²) in [4.78, 5) is 37.1. The molecule has 4 saturated heterocycles. The van der Waals surface area contributed by atoms with Crippen LogP contribution in [0.1, 0.15) is 20.8 Å². The summed E-state index contributed by atoms with van der Waals surface area (Å²) in [5.74, 6) is -2.41. The van der Waals surface area contributed by atoms with Gasteiger partial charge in [0.2, 0.25) is 17.7 Å². The summed E-state index contributed by atoms with van der Waals surface area (Å²) in [5, 5.41) is 165. The normalized spacial score (nSPS) is 42.0. The first-order valence-electron chi connectivity index (χ1n) is 20.5. The highest BCUT2D eigenvalue weighted by atomic mass is 16.7. The molecule has 4 heterocycles. The molecule has 0 aliphatic carbocycles. The summed E-state index contributed by atoms with van der Waals surface area (Å²) in [6.07, 6.45) is -38.8. The van der Waals surface area contributed by atoms with Crippen molar-refractivity contribution in [2.24, 2.45) is 0 Å². The number of ether oxygens (including phenoxy) is 8. The summed E-state index contributed by atoms with van der Waals surface area (Å²) >= 11 is 0. The van der Waals surface area contributed by atoms with Crippen molar-refractivity contribution in [1.82, 2.24) is 16.0 Å². The van der Waals surface area contributed by atoms with Gasteiger partial charge in [0.25, 0.3) is 0 Å². The monoisotopic (exact) mass is 953 g/mol. The van der Waals surface area contributed by atoms with Crippen LogP contribution in [0, 0.1) is 0 Å². The van der Waals surface area contributed by atoms with E-state index < -0.39 is 204 Å². The minimum atomic E-state index is -2.26. The second kappa shape index (κ2) is 24.7. The summed E-state index contributed by atoms with van der Waals surface area (Å²) in [6.45, 7) is -2.57. The van der Waals surface area contributed by atoms with Gasteiger partial charge in [0, 0.05) is 20.8 Å². The third kappa shape index (κ3) is 13.2. The van der Waals surface area contributed by atoms with Crippen LogP contribution in [0.3, 0.4) is 0 Å². The Morgan fingerprint density at radius 3 is 1.43 bits per heavy atom. The molecule has 4 fully saturated rings. The Balaban J connectivity index is 1.59. The number of amides is 3. The van der Waals surface area contributed by atoms with Crippen molar-refractivity contribution in [2.75, 3.05) is 39.6 Å². The van der Waals surface area contributed by atoms with Crippen molar-refractivity contribution >= 4 is 17.7 Å². The van der Waals surface area contributed by atoms with E-state index in [0.717, 1.165) is 20.8 Å². The minimum Gasteiger partial charge on any atom is -0.394 e. The molecule has 0 aromatic rings. The van der Waals surface area contributed by atoms with Gasteiger partial charge in [-0.1, -0.05) is 0 Å². The summed E-state index contributed by atoms with van der Waals surface area (Å²) < 4.78 is 45.3. The van der Waals surface area contributed by atoms with E-state index in [1.54, 1.807) is 0 Å². The van der Waals surface area contributed by atoms with E-state index in [1.165, 1.54) is 0 Å². The van der Waals surface area contributed by atoms with Gasteiger partial charge in [-0.3, -0.25) is 14.4 Å². The molecule has 18 N–H and O–H groups in total. The standard InChI is InChI=1S/C36H63N3O26/c1-10(45)37-13(4-40)30(63-34-20(39-12(3)47)32(24(52)17(7-43)59-34)65-36-29(57)27(55)23(51)16(6-42)61-36)21(49)14(48)9-58-33-19(38-11(2)46)25(53)31(18(8-44)62-33)64-35-28(56)26(54)22(50)15(5-41)60-35/h13-36,40-44,48-57H,4-9H2,1-3H3,(H,37,45)(H,38,46)(H,39,47)/t13-,14+,15+,16+,17+,18+,19+,20+,21-,22-,23-,24+,25+,26-,27-,28+,29+,30+,31+,32+,33+,34-,35-,36-/m0/s1. The number of carbonyl (C=O) groups excluding carboxylic acids is 3. The maximum Gasteiger partial charge on any atom is 0.217 e. The number of aliphatic hydroxyl groups is 15. The van der Waals surface area contributed by atoms with Gasteiger partial charge in [0.05, 0.1) is 45.7 Å². The predicted octanol–water partition coefficient (Wildman–Crippen LogP) is -11.9. The fraction of sp³-hybridized carbons (Fsp3) is 0.917. The number of aliphatic hydroxyl groups excluding tert-OH is 15. The van der Waals surface area contributed by atoms with Gasteiger partial charge in [-0.15, -0.1) is 0 Å². The molecule has 29 heteroatoms. The van der Waals surface area contributed by atoms with Crippen molar-refractivity contribution in [3.8, 4) is 0 Å². The molecule has 24 atom stereocenters. The second-order valence-corrected chi connectivity index (χ2v) is 16.0. The lowest BCUT2D eigenvalue weighted by Gasteiger charge is -2.48. The van der Waals surface area contributed by atoms with Gasteiger partial charge in [-0.2, -0.15) is 0 Å². The first kappa shape index (κ1) is 55.1. The van der Waals surface area contributed by atoms with Crippen molar-refractivity contribution in [3.63, 3.8) is 0 Å². The molecule has 0 radical (unpaired) electrons. The quantitative estimate of drug-likeness (QED) is 0.0539. The molecular formula is C36H63N3O26. The number of rotatable bonds is 20. The van der Waals surface area contributed by atoms with Crippen LogP contribution in [0.25, 0.3) is 0 Å². The first-order valence-corrected chi connectivity index (χ1v) is 20.5.